The van der Waals surface area contributed by atoms with Crippen molar-refractivity contribution >= 4 is 17.6 Å². The monoisotopic (exact) mass is 467 g/mol. The predicted octanol–water partition coefficient (Wildman–Crippen LogP) is 3.61. The average molecular weight is 467 g/mol. The van der Waals surface area contributed by atoms with Gasteiger partial charge in [0.25, 0.3) is 0 Å². The third-order valence-corrected chi connectivity index (χ3v) is 4.52. The summed E-state index contributed by atoms with van der Waals surface area (Å²) in [4.78, 5) is 9.87. The van der Waals surface area contributed by atoms with E-state index in [1.54, 1.807) is 0 Å². The summed E-state index contributed by atoms with van der Waals surface area (Å²) >= 11 is -2.48. The Morgan fingerprint density at radius 1 is 0.714 bits per heavy atom. The fourth-order valence-corrected chi connectivity index (χ4v) is 2.57. The maximum absolute atomic E-state index is 13.4. The summed E-state index contributed by atoms with van der Waals surface area (Å²) in [5.74, 6) is -39.4. The van der Waals surface area contributed by atoms with Crippen LogP contribution < -0.4 is 5.32 Å². The molecule has 3 nitrogen and oxygen atoms in total. The lowest BCUT2D eigenvalue weighted by molar-refractivity contribution is -0.439. The van der Waals surface area contributed by atoms with Crippen LogP contribution in [0.5, 0.6) is 0 Å². The lowest BCUT2D eigenvalue weighted by atomic mass is 9.93. The third kappa shape index (κ3) is 4.71. The molecule has 0 aliphatic rings. The maximum Gasteiger partial charge on any atom is 0.460 e. The van der Waals surface area contributed by atoms with Gasteiger partial charge < -0.3 is 9.87 Å². The van der Waals surface area contributed by atoms with Crippen molar-refractivity contribution in [3.8, 4) is 0 Å². The molecule has 0 aromatic carbocycles. The summed E-state index contributed by atoms with van der Waals surface area (Å²) in [5.41, 5.74) is 0. The van der Waals surface area contributed by atoms with Gasteiger partial charge in [0.1, 0.15) is 11.5 Å². The first-order chi connectivity index (χ1) is 12.2. The van der Waals surface area contributed by atoms with Gasteiger partial charge in [-0.05, 0) is 0 Å². The van der Waals surface area contributed by atoms with Crippen LogP contribution in [0.1, 0.15) is 6.42 Å². The van der Waals surface area contributed by atoms with Gasteiger partial charge in [0.2, 0.25) is 6.41 Å². The molecule has 0 heterocycles. The summed E-state index contributed by atoms with van der Waals surface area (Å²) in [5, 5.41) is 1.86. The van der Waals surface area contributed by atoms with Crippen LogP contribution in [0, 0.1) is 0 Å². The van der Waals surface area contributed by atoms with Crippen LogP contribution in [0.25, 0.3) is 0 Å². The molecule has 0 saturated heterocycles. The Bertz CT molecular complexity index is 537. The molecule has 0 aromatic heterocycles. The van der Waals surface area contributed by atoms with E-state index in [-0.39, 0.29) is 6.41 Å². The molecule has 1 amide bonds. The Labute approximate surface area is 150 Å². The Balaban J connectivity index is 5.64. The number of alkyl halides is 13. The topological polar surface area (TPSA) is 52.2 Å². The van der Waals surface area contributed by atoms with E-state index < -0.39 is 71.4 Å². The van der Waals surface area contributed by atoms with Crippen molar-refractivity contribution in [2.45, 2.75) is 42.2 Å². The molecule has 0 rings (SSSR count). The zero-order valence-corrected chi connectivity index (χ0v) is 13.9. The fourth-order valence-electron chi connectivity index (χ4n) is 1.53. The molecule has 1 unspecified atom stereocenters. The first-order valence-corrected chi connectivity index (χ1v) is 8.17. The fraction of sp³-hybridized carbons (Fsp3) is 0.909. The zero-order valence-electron chi connectivity index (χ0n) is 13.0. The molecule has 28 heavy (non-hydrogen) atoms. The van der Waals surface area contributed by atoms with Gasteiger partial charge >= 0.3 is 35.8 Å². The second kappa shape index (κ2) is 8.31. The highest BCUT2D eigenvalue weighted by Gasteiger charge is 2.90. The summed E-state index contributed by atoms with van der Waals surface area (Å²) in [7, 11) is 0. The number of hydrogen-bond acceptors (Lipinski definition) is 2. The molecule has 17 heteroatoms. The Morgan fingerprint density at radius 3 is 1.54 bits per heavy atom. The van der Waals surface area contributed by atoms with Crippen LogP contribution in [-0.2, 0) is 16.0 Å². The number of carbonyl (C=O) groups is 1. The van der Waals surface area contributed by atoms with Crippen molar-refractivity contribution in [1.29, 1.82) is 0 Å². The molecule has 0 aliphatic carbocycles. The highest BCUT2D eigenvalue weighted by atomic mass is 32.2. The van der Waals surface area contributed by atoms with E-state index in [1.807, 2.05) is 5.32 Å². The lowest BCUT2D eigenvalue weighted by Crippen LogP contribution is -2.70. The normalized spacial score (nSPS) is 16.1. The number of halogens is 13. The summed E-state index contributed by atoms with van der Waals surface area (Å²) in [6.07, 6.45) is -9.92. The van der Waals surface area contributed by atoms with E-state index in [0.717, 1.165) is 0 Å². The van der Waals surface area contributed by atoms with Gasteiger partial charge in [-0.3, -0.25) is 4.79 Å². The number of carbonyl (C=O) groups excluding carboxylic acids is 1. The third-order valence-electron chi connectivity index (χ3n) is 3.20. The molecule has 1 N–H and O–H groups in total. The molecule has 0 fully saturated rings. The molecule has 0 bridgehead atoms. The molecule has 0 radical (unpaired) electrons. The molecule has 0 aliphatic heterocycles. The SMILES string of the molecule is O=CNCC[S+]([O-])CCC(F)(F)C(F)(F)C(F)(F)C(F)(F)C(F)(F)C(F)(F)F. The average Bonchev–Trinajstić information content (AvgIpc) is 2.51. The number of hydrogen-bond donors (Lipinski definition) is 1. The van der Waals surface area contributed by atoms with Gasteiger partial charge in [0.05, 0.1) is 13.0 Å². The number of amides is 1. The summed E-state index contributed by atoms with van der Waals surface area (Å²) in [6, 6.07) is 0. The van der Waals surface area contributed by atoms with Crippen molar-refractivity contribution in [3.05, 3.63) is 0 Å². The number of nitrogens with one attached hydrogen (secondary N) is 1. The first-order valence-electron chi connectivity index (χ1n) is 6.68. The lowest BCUT2D eigenvalue weighted by Gasteiger charge is -2.39. The minimum atomic E-state index is -7.95. The second-order valence-electron chi connectivity index (χ2n) is 5.17. The zero-order chi connectivity index (χ0) is 22.8. The van der Waals surface area contributed by atoms with Crippen molar-refractivity contribution in [2.24, 2.45) is 0 Å². The van der Waals surface area contributed by atoms with Gasteiger partial charge in [0.15, 0.2) is 0 Å². The van der Waals surface area contributed by atoms with Crippen LogP contribution in [0.4, 0.5) is 57.1 Å². The van der Waals surface area contributed by atoms with Gasteiger partial charge in [0, 0.05) is 0 Å². The minimum absolute atomic E-state index is 0.0589. The van der Waals surface area contributed by atoms with Crippen molar-refractivity contribution in [2.75, 3.05) is 18.1 Å². The molecule has 0 aromatic rings. The molecule has 0 saturated carbocycles. The standard InChI is InChI=1S/C11H10F13NO2S/c12-6(13,1-3-28(27)4-2-25-5-26)7(14,15)8(16,17)9(18,19)10(20,21)11(22,23)24/h5H,1-4H2,(H,25,26). The number of rotatable bonds is 11. The Hall–Kier alpha value is -1.13. The van der Waals surface area contributed by atoms with Gasteiger partial charge in [-0.25, -0.2) is 0 Å². The van der Waals surface area contributed by atoms with Crippen LogP contribution in [0.2, 0.25) is 0 Å². The van der Waals surface area contributed by atoms with E-state index in [1.165, 1.54) is 0 Å². The Morgan fingerprint density at radius 2 is 1.14 bits per heavy atom. The minimum Gasteiger partial charge on any atom is -0.616 e. The molecule has 0 spiro atoms. The van der Waals surface area contributed by atoms with Crippen LogP contribution >= 0.6 is 0 Å². The van der Waals surface area contributed by atoms with Crippen LogP contribution in [0.15, 0.2) is 0 Å². The van der Waals surface area contributed by atoms with E-state index >= 15 is 0 Å². The largest absolute Gasteiger partial charge is 0.616 e. The van der Waals surface area contributed by atoms with E-state index in [2.05, 4.69) is 0 Å². The summed E-state index contributed by atoms with van der Waals surface area (Å²) < 4.78 is 178. The van der Waals surface area contributed by atoms with Gasteiger partial charge in [-0.2, -0.15) is 57.1 Å². The molecular formula is C11H10F13NO2S. The smallest absolute Gasteiger partial charge is 0.460 e. The molecule has 1 atom stereocenters. The van der Waals surface area contributed by atoms with E-state index in [0.29, 0.717) is 0 Å². The van der Waals surface area contributed by atoms with E-state index in [4.69, 9.17) is 0 Å². The van der Waals surface area contributed by atoms with Crippen molar-refractivity contribution < 1.29 is 66.4 Å². The highest BCUT2D eigenvalue weighted by molar-refractivity contribution is 7.91. The first kappa shape index (κ1) is 26.9. The van der Waals surface area contributed by atoms with Gasteiger partial charge in [-0.15, -0.1) is 0 Å². The quantitative estimate of drug-likeness (QED) is 0.219. The Kier molecular flexibility index (Phi) is 7.98. The summed E-state index contributed by atoms with van der Waals surface area (Å²) in [6.45, 7) is -0.440. The highest BCUT2D eigenvalue weighted by Crippen LogP contribution is 2.60. The van der Waals surface area contributed by atoms with E-state index in [9.17, 15) is 66.4 Å². The molecular weight excluding hydrogens is 457 g/mol. The van der Waals surface area contributed by atoms with Crippen LogP contribution in [0.3, 0.4) is 0 Å². The maximum atomic E-state index is 13.4. The van der Waals surface area contributed by atoms with Crippen molar-refractivity contribution in [3.63, 3.8) is 0 Å². The second-order valence-corrected chi connectivity index (χ2v) is 6.87. The predicted molar refractivity (Wildman–Crippen MR) is 67.4 cm³/mol. The van der Waals surface area contributed by atoms with Crippen molar-refractivity contribution in [1.82, 2.24) is 5.32 Å². The van der Waals surface area contributed by atoms with Crippen LogP contribution in [-0.4, -0.2) is 64.8 Å². The van der Waals surface area contributed by atoms with Gasteiger partial charge in [-0.1, -0.05) is 11.2 Å². The molecule has 168 valence electrons.